The van der Waals surface area contributed by atoms with Crippen LogP contribution < -0.4 is 0 Å². The summed E-state index contributed by atoms with van der Waals surface area (Å²) in [4.78, 5) is 10.4. The van der Waals surface area contributed by atoms with Crippen molar-refractivity contribution in [2.45, 2.75) is 25.7 Å². The standard InChI is InChI=1S/C12H15FO2.CH4O/c13-12-8-10(4-2-1-3-7-14)5-6-11(12)9-15;1-2/h5-6,8-9,14H,1-4,7H2;2H,1H3. The van der Waals surface area contributed by atoms with E-state index in [1.165, 1.54) is 12.1 Å². The van der Waals surface area contributed by atoms with Gasteiger partial charge < -0.3 is 10.2 Å². The molecule has 0 saturated heterocycles. The van der Waals surface area contributed by atoms with Gasteiger partial charge in [0.15, 0.2) is 6.29 Å². The second-order valence-corrected chi connectivity index (χ2v) is 3.51. The minimum absolute atomic E-state index is 0.106. The van der Waals surface area contributed by atoms with Crippen molar-refractivity contribution in [1.82, 2.24) is 0 Å². The molecular weight excluding hydrogens is 223 g/mol. The predicted octanol–water partition coefficient (Wildman–Crippen LogP) is 1.95. The molecule has 4 heteroatoms. The zero-order valence-corrected chi connectivity index (χ0v) is 10.0. The van der Waals surface area contributed by atoms with Crippen molar-refractivity contribution < 1.29 is 19.4 Å². The summed E-state index contributed by atoms with van der Waals surface area (Å²) in [5.41, 5.74) is 1.00. The Bertz CT molecular complexity index is 326. The number of benzene rings is 1. The molecule has 0 aliphatic rings. The number of unbranched alkanes of at least 4 members (excludes halogenated alkanes) is 2. The van der Waals surface area contributed by atoms with E-state index in [4.69, 9.17) is 10.2 Å². The van der Waals surface area contributed by atoms with Crippen LogP contribution in [0.3, 0.4) is 0 Å². The third-order valence-corrected chi connectivity index (χ3v) is 2.32. The van der Waals surface area contributed by atoms with E-state index < -0.39 is 5.82 Å². The van der Waals surface area contributed by atoms with Crippen molar-refractivity contribution in [3.05, 3.63) is 35.1 Å². The molecule has 96 valence electrons. The number of carbonyl (C=O) groups is 1. The quantitative estimate of drug-likeness (QED) is 0.592. The molecule has 1 aromatic rings. The van der Waals surface area contributed by atoms with Gasteiger partial charge >= 0.3 is 0 Å². The maximum absolute atomic E-state index is 13.2. The predicted molar refractivity (Wildman–Crippen MR) is 64.6 cm³/mol. The van der Waals surface area contributed by atoms with Crippen LogP contribution in [0.4, 0.5) is 4.39 Å². The van der Waals surface area contributed by atoms with Crippen LogP contribution in [0.1, 0.15) is 35.2 Å². The van der Waals surface area contributed by atoms with Crippen LogP contribution in [0.5, 0.6) is 0 Å². The maximum atomic E-state index is 13.2. The van der Waals surface area contributed by atoms with Gasteiger partial charge in [0.25, 0.3) is 0 Å². The van der Waals surface area contributed by atoms with Crippen LogP contribution in [0.15, 0.2) is 18.2 Å². The monoisotopic (exact) mass is 242 g/mol. The van der Waals surface area contributed by atoms with Gasteiger partial charge in [0.1, 0.15) is 5.82 Å². The molecule has 3 nitrogen and oxygen atoms in total. The first kappa shape index (κ1) is 15.7. The molecule has 1 rings (SSSR count). The van der Waals surface area contributed by atoms with Crippen molar-refractivity contribution in [3.8, 4) is 0 Å². The molecule has 0 spiro atoms. The van der Waals surface area contributed by atoms with Crippen LogP contribution in [0, 0.1) is 5.82 Å². The van der Waals surface area contributed by atoms with Gasteiger partial charge in [-0.25, -0.2) is 4.39 Å². The van der Waals surface area contributed by atoms with E-state index >= 15 is 0 Å². The molecule has 17 heavy (non-hydrogen) atoms. The lowest BCUT2D eigenvalue weighted by atomic mass is 10.1. The summed E-state index contributed by atoms with van der Waals surface area (Å²) in [5.74, 6) is -0.454. The van der Waals surface area contributed by atoms with E-state index in [1.807, 2.05) is 0 Å². The summed E-state index contributed by atoms with van der Waals surface area (Å²) < 4.78 is 13.2. The highest BCUT2D eigenvalue weighted by Gasteiger charge is 2.01. The fourth-order valence-corrected chi connectivity index (χ4v) is 1.44. The number of aliphatic hydroxyl groups excluding tert-OH is 2. The second kappa shape index (κ2) is 9.93. The molecular formula is C13H19FO3. The third kappa shape index (κ3) is 6.14. The first-order valence-electron chi connectivity index (χ1n) is 5.57. The van der Waals surface area contributed by atoms with Crippen LogP contribution in [-0.2, 0) is 6.42 Å². The molecule has 0 atom stereocenters. The van der Waals surface area contributed by atoms with Crippen LogP contribution >= 0.6 is 0 Å². The van der Waals surface area contributed by atoms with Crippen LogP contribution in [-0.4, -0.2) is 30.2 Å². The number of aryl methyl sites for hydroxylation is 1. The number of aldehydes is 1. The Balaban J connectivity index is 0.00000121. The number of aliphatic hydroxyl groups is 2. The lowest BCUT2D eigenvalue weighted by molar-refractivity contribution is 0.112. The normalized spacial score (nSPS) is 9.41. The van der Waals surface area contributed by atoms with E-state index in [2.05, 4.69) is 0 Å². The average molecular weight is 242 g/mol. The molecule has 2 N–H and O–H groups in total. The zero-order valence-electron chi connectivity index (χ0n) is 10.0. The lowest BCUT2D eigenvalue weighted by Crippen LogP contribution is -1.92. The van der Waals surface area contributed by atoms with Crippen LogP contribution in [0.2, 0.25) is 0 Å². The first-order valence-corrected chi connectivity index (χ1v) is 5.57. The SMILES string of the molecule is CO.O=Cc1ccc(CCCCCO)cc1F. The first-order chi connectivity index (χ1) is 8.27. The molecule has 1 aromatic carbocycles. The highest BCUT2D eigenvalue weighted by atomic mass is 19.1. The van der Waals surface area contributed by atoms with Gasteiger partial charge in [0.05, 0.1) is 5.56 Å². The molecule has 0 fully saturated rings. The molecule has 0 heterocycles. The Hall–Kier alpha value is -1.26. The molecule has 0 bridgehead atoms. The molecule has 0 saturated carbocycles. The van der Waals surface area contributed by atoms with E-state index in [9.17, 15) is 9.18 Å². The third-order valence-electron chi connectivity index (χ3n) is 2.32. The van der Waals surface area contributed by atoms with Crippen molar-refractivity contribution >= 4 is 6.29 Å². The largest absolute Gasteiger partial charge is 0.400 e. The summed E-state index contributed by atoms with van der Waals surface area (Å²) in [6.45, 7) is 0.207. The second-order valence-electron chi connectivity index (χ2n) is 3.51. The van der Waals surface area contributed by atoms with Gasteiger partial charge in [-0.15, -0.1) is 0 Å². The Labute approximate surface area is 101 Å². The summed E-state index contributed by atoms with van der Waals surface area (Å²) in [6, 6.07) is 4.68. The Morgan fingerprint density at radius 2 is 1.94 bits per heavy atom. The highest BCUT2D eigenvalue weighted by molar-refractivity contribution is 5.75. The summed E-state index contributed by atoms with van der Waals surface area (Å²) in [5, 5.41) is 15.6. The maximum Gasteiger partial charge on any atom is 0.152 e. The van der Waals surface area contributed by atoms with Crippen molar-refractivity contribution in [1.29, 1.82) is 0 Å². The molecule has 0 radical (unpaired) electrons. The van der Waals surface area contributed by atoms with Gasteiger partial charge in [0.2, 0.25) is 0 Å². The average Bonchev–Trinajstić information content (AvgIpc) is 2.37. The number of hydrogen-bond donors (Lipinski definition) is 2. The minimum atomic E-state index is -0.454. The van der Waals surface area contributed by atoms with E-state index in [-0.39, 0.29) is 12.2 Å². The van der Waals surface area contributed by atoms with Gasteiger partial charge in [-0.1, -0.05) is 12.5 Å². The van der Waals surface area contributed by atoms with Gasteiger partial charge in [-0.05, 0) is 37.0 Å². The summed E-state index contributed by atoms with van der Waals surface area (Å²) in [7, 11) is 1.00. The summed E-state index contributed by atoms with van der Waals surface area (Å²) in [6.07, 6.45) is 3.96. The Morgan fingerprint density at radius 1 is 1.24 bits per heavy atom. The van der Waals surface area contributed by atoms with E-state index in [0.717, 1.165) is 38.4 Å². The topological polar surface area (TPSA) is 57.5 Å². The molecule has 0 aliphatic heterocycles. The number of rotatable bonds is 6. The van der Waals surface area contributed by atoms with Crippen LogP contribution in [0.25, 0.3) is 0 Å². The van der Waals surface area contributed by atoms with Gasteiger partial charge in [-0.2, -0.15) is 0 Å². The minimum Gasteiger partial charge on any atom is -0.400 e. The zero-order chi connectivity index (χ0) is 13.1. The fourth-order valence-electron chi connectivity index (χ4n) is 1.44. The van der Waals surface area contributed by atoms with Gasteiger partial charge in [-0.3, -0.25) is 4.79 Å². The smallest absolute Gasteiger partial charge is 0.152 e. The molecule has 0 aromatic heterocycles. The van der Waals surface area contributed by atoms with Gasteiger partial charge in [0, 0.05) is 13.7 Å². The van der Waals surface area contributed by atoms with Crippen molar-refractivity contribution in [3.63, 3.8) is 0 Å². The fraction of sp³-hybridized carbons (Fsp3) is 0.462. The number of halogens is 1. The lowest BCUT2D eigenvalue weighted by Gasteiger charge is -2.02. The van der Waals surface area contributed by atoms with E-state index in [1.54, 1.807) is 6.07 Å². The highest BCUT2D eigenvalue weighted by Crippen LogP contribution is 2.11. The Morgan fingerprint density at radius 3 is 2.47 bits per heavy atom. The van der Waals surface area contributed by atoms with Crippen molar-refractivity contribution in [2.75, 3.05) is 13.7 Å². The molecule has 0 aliphatic carbocycles. The molecule has 0 unspecified atom stereocenters. The van der Waals surface area contributed by atoms with Crippen molar-refractivity contribution in [2.24, 2.45) is 0 Å². The molecule has 0 amide bonds. The number of hydrogen-bond acceptors (Lipinski definition) is 3. The Kier molecular flexibility index (Phi) is 9.19. The summed E-state index contributed by atoms with van der Waals surface area (Å²) >= 11 is 0. The van der Waals surface area contributed by atoms with E-state index in [0.29, 0.717) is 6.29 Å². The number of carbonyl (C=O) groups excluding carboxylic acids is 1.